The molecule has 1 fully saturated rings. The molecule has 0 aliphatic heterocycles. The molecule has 37 heavy (non-hydrogen) atoms. The van der Waals surface area contributed by atoms with Crippen molar-refractivity contribution in [1.29, 1.82) is 0 Å². The van der Waals surface area contributed by atoms with Gasteiger partial charge in [-0.25, -0.2) is 4.68 Å². The molecular formula is C26H28N6O4S. The number of benzene rings is 1. The Morgan fingerprint density at radius 1 is 1.08 bits per heavy atom. The average molecular weight is 521 g/mol. The predicted octanol–water partition coefficient (Wildman–Crippen LogP) is 3.66. The first-order chi connectivity index (χ1) is 18.0. The molecule has 0 radical (unpaired) electrons. The number of hydrogen-bond acceptors (Lipinski definition) is 10. The first-order valence-corrected chi connectivity index (χ1v) is 12.7. The molecule has 4 aromatic rings. The summed E-state index contributed by atoms with van der Waals surface area (Å²) in [4.78, 5) is 17.7. The highest BCUT2D eigenvalue weighted by Gasteiger charge is 2.40. The number of nitrogens with one attached hydrogen (secondary N) is 1. The first kappa shape index (κ1) is 24.7. The molecule has 11 heteroatoms. The zero-order valence-electron chi connectivity index (χ0n) is 20.9. The van der Waals surface area contributed by atoms with Crippen molar-refractivity contribution in [3.8, 4) is 17.4 Å². The molecule has 0 spiro atoms. The van der Waals surface area contributed by atoms with Gasteiger partial charge in [-0.05, 0) is 43.2 Å². The van der Waals surface area contributed by atoms with E-state index in [0.29, 0.717) is 43.1 Å². The van der Waals surface area contributed by atoms with Gasteiger partial charge in [-0.15, -0.1) is 15.3 Å². The largest absolute Gasteiger partial charge is 0.497 e. The van der Waals surface area contributed by atoms with Crippen LogP contribution in [0, 0.1) is 12.8 Å². The molecule has 1 aliphatic rings. The Kier molecular flexibility index (Phi) is 7.31. The van der Waals surface area contributed by atoms with Gasteiger partial charge in [-0.1, -0.05) is 23.5 Å². The Balaban J connectivity index is 1.31. The Morgan fingerprint density at radius 3 is 2.54 bits per heavy atom. The quantitative estimate of drug-likeness (QED) is 0.316. The molecule has 0 amide bonds. The number of aryl methyl sites for hydroxylation is 1. The number of pyridine rings is 1. The fourth-order valence-corrected chi connectivity index (χ4v) is 4.67. The van der Waals surface area contributed by atoms with Gasteiger partial charge in [0.15, 0.2) is 0 Å². The van der Waals surface area contributed by atoms with Gasteiger partial charge < -0.3 is 19.5 Å². The fraction of sp³-hybridized carbons (Fsp3) is 0.346. The van der Waals surface area contributed by atoms with Crippen molar-refractivity contribution in [2.24, 2.45) is 5.92 Å². The minimum absolute atomic E-state index is 0.240. The molecule has 0 unspecified atom stereocenters. The smallest absolute Gasteiger partial charge is 0.290 e. The molecule has 2 atom stereocenters. The van der Waals surface area contributed by atoms with Crippen molar-refractivity contribution >= 4 is 17.0 Å². The van der Waals surface area contributed by atoms with Crippen molar-refractivity contribution < 1.29 is 14.2 Å². The van der Waals surface area contributed by atoms with Gasteiger partial charge in [-0.3, -0.25) is 9.78 Å². The Bertz CT molecular complexity index is 1400. The second kappa shape index (κ2) is 11.0. The summed E-state index contributed by atoms with van der Waals surface area (Å²) in [7, 11) is 3.25. The molecule has 3 heterocycles. The lowest BCUT2D eigenvalue weighted by Crippen LogP contribution is -2.27. The number of anilines is 1. The lowest BCUT2D eigenvalue weighted by molar-refractivity contribution is 0.277. The molecule has 0 bridgehead atoms. The van der Waals surface area contributed by atoms with E-state index in [1.54, 1.807) is 26.5 Å². The van der Waals surface area contributed by atoms with E-state index in [0.717, 1.165) is 39.2 Å². The van der Waals surface area contributed by atoms with Crippen LogP contribution in [-0.4, -0.2) is 45.8 Å². The second-order valence-corrected chi connectivity index (χ2v) is 10.1. The van der Waals surface area contributed by atoms with Crippen LogP contribution in [0.5, 0.6) is 17.4 Å². The zero-order chi connectivity index (χ0) is 25.8. The maximum Gasteiger partial charge on any atom is 0.290 e. The normalized spacial score (nSPS) is 16.3. The minimum atomic E-state index is -0.240. The van der Waals surface area contributed by atoms with Crippen molar-refractivity contribution in [2.75, 3.05) is 26.1 Å². The highest BCUT2D eigenvalue weighted by atomic mass is 32.1. The standard InChI is InChI=1S/C26H28N6O4S/c1-16-29-30-25(37-16)13-28-23-11-24(31-32(26(23)33)14-17-4-6-19(34-2)7-5-17)36-15-18-10-21(18)22-9-8-20(35-3)12-27-22/h4-9,11-12,18,21,28H,10,13-15H2,1-3H3/t18-,21+/m1/s1. The van der Waals surface area contributed by atoms with E-state index >= 15 is 0 Å². The Hall–Kier alpha value is -3.99. The number of nitrogens with zero attached hydrogens (tertiary/aromatic N) is 5. The average Bonchev–Trinajstić information content (AvgIpc) is 3.59. The van der Waals surface area contributed by atoms with Crippen LogP contribution in [0.15, 0.2) is 53.5 Å². The van der Waals surface area contributed by atoms with Crippen molar-refractivity contribution in [2.45, 2.75) is 32.4 Å². The molecule has 3 aromatic heterocycles. The van der Waals surface area contributed by atoms with Crippen molar-refractivity contribution in [1.82, 2.24) is 25.0 Å². The highest BCUT2D eigenvalue weighted by Crippen LogP contribution is 2.46. The van der Waals surface area contributed by atoms with Gasteiger partial charge in [0.05, 0.1) is 40.1 Å². The Morgan fingerprint density at radius 2 is 1.86 bits per heavy atom. The molecule has 1 aromatic carbocycles. The van der Waals surface area contributed by atoms with Gasteiger partial charge >= 0.3 is 0 Å². The van der Waals surface area contributed by atoms with Gasteiger partial charge in [0.2, 0.25) is 5.88 Å². The molecular weight excluding hydrogens is 492 g/mol. The second-order valence-electron chi connectivity index (χ2n) is 8.81. The van der Waals surface area contributed by atoms with E-state index in [9.17, 15) is 4.79 Å². The Labute approximate surface area is 218 Å². The van der Waals surface area contributed by atoms with Gasteiger partial charge in [0.1, 0.15) is 27.2 Å². The summed E-state index contributed by atoms with van der Waals surface area (Å²) in [5.74, 6) is 2.56. The van der Waals surface area contributed by atoms with Crippen LogP contribution in [0.25, 0.3) is 0 Å². The third-order valence-electron chi connectivity index (χ3n) is 6.18. The summed E-state index contributed by atoms with van der Waals surface area (Å²) in [6.45, 7) is 3.07. The highest BCUT2D eigenvalue weighted by molar-refractivity contribution is 7.11. The van der Waals surface area contributed by atoms with E-state index in [4.69, 9.17) is 14.2 Å². The predicted molar refractivity (Wildman–Crippen MR) is 140 cm³/mol. The molecule has 10 nitrogen and oxygen atoms in total. The SMILES string of the molecule is COc1ccc(Cn2nc(OC[C@H]3C[C@@H]3c3ccc(OC)cn3)cc(NCc3nnc(C)s3)c2=O)cc1. The van der Waals surface area contributed by atoms with Crippen LogP contribution in [0.4, 0.5) is 5.69 Å². The zero-order valence-corrected chi connectivity index (χ0v) is 21.7. The van der Waals surface area contributed by atoms with Gasteiger partial charge in [-0.2, -0.15) is 0 Å². The van der Waals surface area contributed by atoms with Crippen LogP contribution >= 0.6 is 11.3 Å². The molecule has 5 rings (SSSR count). The summed E-state index contributed by atoms with van der Waals surface area (Å²) in [5, 5.41) is 17.5. The van der Waals surface area contributed by atoms with Gasteiger partial charge in [0.25, 0.3) is 5.56 Å². The van der Waals surface area contributed by atoms with Crippen LogP contribution in [0.3, 0.4) is 0 Å². The van der Waals surface area contributed by atoms with Crippen molar-refractivity contribution in [3.63, 3.8) is 0 Å². The number of aromatic nitrogens is 5. The summed E-state index contributed by atoms with van der Waals surface area (Å²) >= 11 is 1.48. The van der Waals surface area contributed by atoms with Crippen molar-refractivity contribution in [3.05, 3.63) is 80.3 Å². The van der Waals surface area contributed by atoms with Crippen LogP contribution < -0.4 is 25.1 Å². The van der Waals surface area contributed by atoms with E-state index in [2.05, 4.69) is 25.6 Å². The lowest BCUT2D eigenvalue weighted by atomic mass is 10.2. The minimum Gasteiger partial charge on any atom is -0.497 e. The van der Waals surface area contributed by atoms with E-state index in [-0.39, 0.29) is 5.56 Å². The molecule has 192 valence electrons. The fourth-order valence-electron chi connectivity index (χ4n) is 4.02. The summed E-state index contributed by atoms with van der Waals surface area (Å²) in [6, 6.07) is 13.1. The molecule has 0 saturated heterocycles. The van der Waals surface area contributed by atoms with E-state index in [1.807, 2.05) is 43.3 Å². The number of rotatable bonds is 11. The van der Waals surface area contributed by atoms with E-state index < -0.39 is 0 Å². The molecule has 1 saturated carbocycles. The van der Waals surface area contributed by atoms with Crippen LogP contribution in [0.1, 0.15) is 33.6 Å². The van der Waals surface area contributed by atoms with Crippen LogP contribution in [-0.2, 0) is 13.1 Å². The third-order valence-corrected chi connectivity index (χ3v) is 7.02. The third kappa shape index (κ3) is 6.05. The summed E-state index contributed by atoms with van der Waals surface area (Å²) in [5.41, 5.74) is 2.11. The van der Waals surface area contributed by atoms with Crippen LogP contribution in [0.2, 0.25) is 0 Å². The lowest BCUT2D eigenvalue weighted by Gasteiger charge is -2.13. The van der Waals surface area contributed by atoms with Gasteiger partial charge in [0, 0.05) is 23.6 Å². The number of hydrogen-bond donors (Lipinski definition) is 1. The number of ether oxygens (including phenoxy) is 3. The first-order valence-electron chi connectivity index (χ1n) is 11.9. The maximum atomic E-state index is 13.2. The summed E-state index contributed by atoms with van der Waals surface area (Å²) < 4.78 is 17.9. The number of methoxy groups -OCH3 is 2. The molecule has 1 aliphatic carbocycles. The van der Waals surface area contributed by atoms with E-state index in [1.165, 1.54) is 16.0 Å². The topological polar surface area (TPSA) is 113 Å². The maximum absolute atomic E-state index is 13.2. The molecule has 1 N–H and O–H groups in total. The summed E-state index contributed by atoms with van der Waals surface area (Å²) in [6.07, 6.45) is 2.73. The monoisotopic (exact) mass is 520 g/mol.